The summed E-state index contributed by atoms with van der Waals surface area (Å²) in [5.41, 5.74) is 1.58. The number of benzene rings is 2. The Kier molecular flexibility index (Phi) is 6.95. The number of hydrogen-bond donors (Lipinski definition) is 0. The Labute approximate surface area is 151 Å². The smallest absolute Gasteiger partial charge is 0.406 e. The second kappa shape index (κ2) is 8.98. The molecule has 2 rings (SSSR count). The zero-order chi connectivity index (χ0) is 19.9. The topological polar surface area (TPSA) is 27.7 Å². The van der Waals surface area contributed by atoms with Gasteiger partial charge in [0.2, 0.25) is 0 Å². The van der Waals surface area contributed by atoms with Crippen molar-refractivity contribution in [1.29, 1.82) is 0 Å². The standard InChI is InChI=1S/C18H16F6O3/c19-17(20,21)26-15-5-1-13(2-6-15)9-11-25-12-10-14-3-7-16(8-4-14)27-18(22,23)24/h1-8H,9-12H2. The largest absolute Gasteiger partial charge is 0.573 e. The van der Waals surface area contributed by atoms with Crippen LogP contribution in [0.25, 0.3) is 0 Å². The van der Waals surface area contributed by atoms with Crippen LogP contribution in [0.15, 0.2) is 48.5 Å². The molecule has 0 N–H and O–H groups in total. The molecule has 0 saturated carbocycles. The molecule has 0 bridgehead atoms. The molecule has 3 nitrogen and oxygen atoms in total. The normalized spacial score (nSPS) is 12.1. The van der Waals surface area contributed by atoms with E-state index < -0.39 is 12.7 Å². The Morgan fingerprint density at radius 1 is 0.556 bits per heavy atom. The lowest BCUT2D eigenvalue weighted by atomic mass is 10.1. The first-order valence-electron chi connectivity index (χ1n) is 7.88. The van der Waals surface area contributed by atoms with Crippen LogP contribution in [0.4, 0.5) is 26.3 Å². The molecular weight excluding hydrogens is 378 g/mol. The van der Waals surface area contributed by atoms with Gasteiger partial charge in [0, 0.05) is 0 Å². The van der Waals surface area contributed by atoms with Crippen LogP contribution in [0.1, 0.15) is 11.1 Å². The predicted molar refractivity (Wildman–Crippen MR) is 84.5 cm³/mol. The summed E-state index contributed by atoms with van der Waals surface area (Å²) in [6.07, 6.45) is -8.43. The minimum atomic E-state index is -4.72. The van der Waals surface area contributed by atoms with E-state index in [1.807, 2.05) is 0 Å². The Hall–Kier alpha value is -2.42. The number of ether oxygens (including phenoxy) is 3. The highest BCUT2D eigenvalue weighted by molar-refractivity contribution is 5.28. The summed E-state index contributed by atoms with van der Waals surface area (Å²) < 4.78 is 85.4. The third-order valence-electron chi connectivity index (χ3n) is 3.38. The van der Waals surface area contributed by atoms with Gasteiger partial charge in [0.1, 0.15) is 11.5 Å². The number of hydrogen-bond acceptors (Lipinski definition) is 3. The van der Waals surface area contributed by atoms with E-state index in [9.17, 15) is 26.3 Å². The highest BCUT2D eigenvalue weighted by atomic mass is 19.4. The molecule has 27 heavy (non-hydrogen) atoms. The highest BCUT2D eigenvalue weighted by Crippen LogP contribution is 2.24. The molecule has 0 aliphatic heterocycles. The molecular formula is C18H16F6O3. The molecule has 0 aromatic heterocycles. The minimum absolute atomic E-state index is 0.287. The summed E-state index contributed by atoms with van der Waals surface area (Å²) in [6, 6.07) is 11.0. The summed E-state index contributed by atoms with van der Waals surface area (Å²) in [4.78, 5) is 0. The van der Waals surface area contributed by atoms with Gasteiger partial charge in [0.25, 0.3) is 0 Å². The SMILES string of the molecule is FC(F)(F)Oc1ccc(CCOCCc2ccc(OC(F)(F)F)cc2)cc1. The van der Waals surface area contributed by atoms with Crippen molar-refractivity contribution in [2.75, 3.05) is 13.2 Å². The summed E-state index contributed by atoms with van der Waals surface area (Å²) in [5.74, 6) is -0.574. The van der Waals surface area contributed by atoms with Crippen molar-refractivity contribution in [3.05, 3.63) is 59.7 Å². The van der Waals surface area contributed by atoms with E-state index in [0.29, 0.717) is 26.1 Å². The first kappa shape index (κ1) is 20.9. The van der Waals surface area contributed by atoms with Crippen LogP contribution in [0.2, 0.25) is 0 Å². The predicted octanol–water partition coefficient (Wildman–Crippen LogP) is 5.29. The van der Waals surface area contributed by atoms with E-state index in [1.165, 1.54) is 48.5 Å². The maximum Gasteiger partial charge on any atom is 0.573 e. The van der Waals surface area contributed by atoms with Crippen molar-refractivity contribution in [2.45, 2.75) is 25.6 Å². The zero-order valence-corrected chi connectivity index (χ0v) is 13.9. The van der Waals surface area contributed by atoms with Gasteiger partial charge >= 0.3 is 12.7 Å². The Bertz CT molecular complexity index is 632. The fourth-order valence-electron chi connectivity index (χ4n) is 2.20. The molecule has 0 saturated heterocycles. The average molecular weight is 394 g/mol. The third-order valence-corrected chi connectivity index (χ3v) is 3.38. The second-order valence-corrected chi connectivity index (χ2v) is 5.50. The minimum Gasteiger partial charge on any atom is -0.406 e. The lowest BCUT2D eigenvalue weighted by Crippen LogP contribution is -2.17. The molecule has 0 spiro atoms. The van der Waals surface area contributed by atoms with Crippen LogP contribution in [0.5, 0.6) is 11.5 Å². The molecule has 0 unspecified atom stereocenters. The fraction of sp³-hybridized carbons (Fsp3) is 0.333. The average Bonchev–Trinajstić information content (AvgIpc) is 2.55. The molecule has 0 amide bonds. The molecule has 9 heteroatoms. The molecule has 0 aliphatic rings. The van der Waals surface area contributed by atoms with Crippen molar-refractivity contribution in [3.63, 3.8) is 0 Å². The Balaban J connectivity index is 1.67. The van der Waals surface area contributed by atoms with E-state index >= 15 is 0 Å². The quantitative estimate of drug-likeness (QED) is 0.450. The van der Waals surface area contributed by atoms with Crippen molar-refractivity contribution in [3.8, 4) is 11.5 Å². The van der Waals surface area contributed by atoms with Gasteiger partial charge < -0.3 is 14.2 Å². The summed E-state index contributed by atoms with van der Waals surface area (Å²) >= 11 is 0. The van der Waals surface area contributed by atoms with Crippen LogP contribution in [0.3, 0.4) is 0 Å². The number of rotatable bonds is 8. The molecule has 0 heterocycles. The van der Waals surface area contributed by atoms with Gasteiger partial charge in [-0.1, -0.05) is 24.3 Å². The van der Waals surface area contributed by atoms with Crippen molar-refractivity contribution in [1.82, 2.24) is 0 Å². The molecule has 2 aromatic rings. The van der Waals surface area contributed by atoms with Crippen molar-refractivity contribution < 1.29 is 40.6 Å². The lowest BCUT2D eigenvalue weighted by Gasteiger charge is -2.10. The van der Waals surface area contributed by atoms with E-state index in [1.54, 1.807) is 0 Å². The van der Waals surface area contributed by atoms with Crippen LogP contribution < -0.4 is 9.47 Å². The lowest BCUT2D eigenvalue weighted by molar-refractivity contribution is -0.275. The second-order valence-electron chi connectivity index (χ2n) is 5.50. The number of alkyl halides is 6. The Morgan fingerprint density at radius 3 is 1.19 bits per heavy atom. The molecule has 0 atom stereocenters. The van der Waals surface area contributed by atoms with E-state index in [2.05, 4.69) is 9.47 Å². The van der Waals surface area contributed by atoms with Gasteiger partial charge in [-0.2, -0.15) is 0 Å². The maximum absolute atomic E-state index is 12.1. The van der Waals surface area contributed by atoms with Gasteiger partial charge in [-0.3, -0.25) is 0 Å². The highest BCUT2D eigenvalue weighted by Gasteiger charge is 2.31. The summed E-state index contributed by atoms with van der Waals surface area (Å²) in [6.45, 7) is 0.712. The molecule has 148 valence electrons. The van der Waals surface area contributed by atoms with Gasteiger partial charge in [-0.25, -0.2) is 0 Å². The Morgan fingerprint density at radius 2 is 0.889 bits per heavy atom. The molecule has 2 aromatic carbocycles. The van der Waals surface area contributed by atoms with Gasteiger partial charge in [0.15, 0.2) is 0 Å². The van der Waals surface area contributed by atoms with E-state index in [0.717, 1.165) is 11.1 Å². The van der Waals surface area contributed by atoms with Crippen LogP contribution in [-0.2, 0) is 17.6 Å². The van der Waals surface area contributed by atoms with Gasteiger partial charge in [-0.15, -0.1) is 26.3 Å². The zero-order valence-electron chi connectivity index (χ0n) is 13.9. The van der Waals surface area contributed by atoms with Crippen molar-refractivity contribution >= 4 is 0 Å². The molecule has 0 aliphatic carbocycles. The van der Waals surface area contributed by atoms with E-state index in [4.69, 9.17) is 4.74 Å². The summed E-state index contributed by atoms with van der Waals surface area (Å²) in [7, 11) is 0. The first-order valence-corrected chi connectivity index (χ1v) is 7.88. The van der Waals surface area contributed by atoms with E-state index in [-0.39, 0.29) is 11.5 Å². The van der Waals surface area contributed by atoms with Crippen LogP contribution in [0, 0.1) is 0 Å². The molecule has 0 fully saturated rings. The monoisotopic (exact) mass is 394 g/mol. The molecule has 0 radical (unpaired) electrons. The van der Waals surface area contributed by atoms with Gasteiger partial charge in [-0.05, 0) is 48.2 Å². The van der Waals surface area contributed by atoms with Crippen LogP contribution in [-0.4, -0.2) is 25.9 Å². The maximum atomic E-state index is 12.1. The number of halogens is 6. The first-order chi connectivity index (χ1) is 12.6. The third kappa shape index (κ3) is 8.67. The van der Waals surface area contributed by atoms with Gasteiger partial charge in [0.05, 0.1) is 13.2 Å². The summed E-state index contributed by atoms with van der Waals surface area (Å²) in [5, 5.41) is 0. The van der Waals surface area contributed by atoms with Crippen LogP contribution >= 0.6 is 0 Å². The van der Waals surface area contributed by atoms with Crippen molar-refractivity contribution in [2.24, 2.45) is 0 Å². The fourth-order valence-corrected chi connectivity index (χ4v) is 2.20.